The van der Waals surface area contributed by atoms with Crippen LogP contribution in [0, 0.1) is 6.92 Å². The number of benzene rings is 2. The van der Waals surface area contributed by atoms with E-state index in [1.165, 1.54) is 0 Å². The highest BCUT2D eigenvalue weighted by atomic mass is 19.4. The Morgan fingerprint density at radius 2 is 1.56 bits per heavy atom. The van der Waals surface area contributed by atoms with Gasteiger partial charge in [0, 0.05) is 16.5 Å². The lowest BCUT2D eigenvalue weighted by molar-refractivity contribution is -0.308. The quantitative estimate of drug-likeness (QED) is 0.369. The van der Waals surface area contributed by atoms with Gasteiger partial charge in [-0.05, 0) is 37.3 Å². The van der Waals surface area contributed by atoms with Crippen LogP contribution < -0.4 is 10.1 Å². The zero-order valence-corrected chi connectivity index (χ0v) is 18.2. The van der Waals surface area contributed by atoms with E-state index < -0.39 is 36.9 Å². The van der Waals surface area contributed by atoms with Gasteiger partial charge >= 0.3 is 18.3 Å². The van der Waals surface area contributed by atoms with Crippen molar-refractivity contribution in [3.8, 4) is 17.2 Å². The van der Waals surface area contributed by atoms with Crippen molar-refractivity contribution in [1.82, 2.24) is 10.3 Å². The number of nitrogens with zero attached hydrogens (tertiary/aromatic N) is 1. The van der Waals surface area contributed by atoms with Gasteiger partial charge in [0.1, 0.15) is 18.0 Å². The molecule has 1 amide bonds. The van der Waals surface area contributed by atoms with E-state index in [1.54, 1.807) is 25.1 Å². The summed E-state index contributed by atoms with van der Waals surface area (Å²) in [4.78, 5) is 26.7. The molecule has 1 aromatic heterocycles. The van der Waals surface area contributed by atoms with Gasteiger partial charge < -0.3 is 25.4 Å². The molecule has 0 spiro atoms. The van der Waals surface area contributed by atoms with Crippen molar-refractivity contribution in [3.63, 3.8) is 0 Å². The second-order valence-corrected chi connectivity index (χ2v) is 7.08. The molecule has 3 aromatic rings. The number of aromatic nitrogens is 1. The van der Waals surface area contributed by atoms with Gasteiger partial charge in [0.25, 0.3) is 5.91 Å². The van der Waals surface area contributed by atoms with Crippen molar-refractivity contribution in [2.75, 3.05) is 6.54 Å². The average molecular weight is 520 g/mol. The summed E-state index contributed by atoms with van der Waals surface area (Å²) in [6, 6.07) is 14.3. The van der Waals surface area contributed by atoms with Gasteiger partial charge in [-0.3, -0.25) is 9.59 Å². The maximum absolute atomic E-state index is 12.1. The molecule has 194 valence electrons. The Morgan fingerprint density at radius 3 is 2.06 bits per heavy atom. The van der Waals surface area contributed by atoms with Crippen molar-refractivity contribution in [3.05, 3.63) is 59.9 Å². The number of carboxylic acid groups (broad SMARTS) is 1. The fraction of sp³-hybridized carbons (Fsp3) is 0.227. The number of aryl methyl sites for hydroxylation is 1. The number of fused-ring (bicyclic) bond motifs is 1. The zero-order valence-electron chi connectivity index (χ0n) is 18.2. The number of pyridine rings is 1. The van der Waals surface area contributed by atoms with E-state index in [9.17, 15) is 41.0 Å². The number of amides is 1. The first kappa shape index (κ1) is 28.2. The number of halogens is 6. The van der Waals surface area contributed by atoms with E-state index in [-0.39, 0.29) is 11.4 Å². The largest absolute Gasteiger partial charge is 0.505 e. The van der Waals surface area contributed by atoms with Crippen molar-refractivity contribution in [1.29, 1.82) is 0 Å². The first-order chi connectivity index (χ1) is 16.6. The molecule has 0 unspecified atom stereocenters. The topological polar surface area (TPSA) is 129 Å². The molecule has 0 saturated heterocycles. The number of nitrogens with one attached hydrogen (secondary N) is 1. The van der Waals surface area contributed by atoms with E-state index in [0.717, 1.165) is 0 Å². The number of carbonyl (C=O) groups is 2. The van der Waals surface area contributed by atoms with Gasteiger partial charge in [-0.1, -0.05) is 18.2 Å². The van der Waals surface area contributed by atoms with Gasteiger partial charge in [-0.25, -0.2) is 4.98 Å². The Morgan fingerprint density at radius 1 is 0.972 bits per heavy atom. The van der Waals surface area contributed by atoms with E-state index in [4.69, 9.17) is 14.9 Å². The molecule has 0 bridgehead atoms. The molecule has 0 radical (unpaired) electrons. The molecule has 0 fully saturated rings. The number of para-hydroxylation sites is 1. The minimum absolute atomic E-state index is 0.215. The smallest absolute Gasteiger partial charge is 0.423 e. The second-order valence-electron chi connectivity index (χ2n) is 7.08. The third-order valence-electron chi connectivity index (χ3n) is 4.35. The normalized spacial score (nSPS) is 11.6. The maximum atomic E-state index is 12.1. The molecule has 4 N–H and O–H groups in total. The summed E-state index contributed by atoms with van der Waals surface area (Å²) in [5.74, 6) is -1.00. The van der Waals surface area contributed by atoms with Gasteiger partial charge in [0.2, 0.25) is 6.10 Å². The van der Waals surface area contributed by atoms with Gasteiger partial charge in [-0.15, -0.1) is 0 Å². The lowest BCUT2D eigenvalue weighted by Gasteiger charge is -2.16. The first-order valence-corrected chi connectivity index (χ1v) is 9.79. The van der Waals surface area contributed by atoms with E-state index in [1.807, 2.05) is 30.3 Å². The summed E-state index contributed by atoms with van der Waals surface area (Å²) in [6.45, 7) is 1.14. The molecule has 0 atom stereocenters. The SMILES string of the molecule is Cc1nc(C(=O)NCC(=O)O)c(O)c2ccc(Oc3ccccc3)cc12.OC(C(F)(F)F)C(F)(F)F. The predicted molar refractivity (Wildman–Crippen MR) is 113 cm³/mol. The molecule has 1 heterocycles. The summed E-state index contributed by atoms with van der Waals surface area (Å²) in [6.07, 6.45) is -15.5. The summed E-state index contributed by atoms with van der Waals surface area (Å²) in [7, 11) is 0. The van der Waals surface area contributed by atoms with Crippen molar-refractivity contribution < 1.29 is 56.0 Å². The molecule has 0 aliphatic rings. The number of hydrogen-bond donors (Lipinski definition) is 4. The summed E-state index contributed by atoms with van der Waals surface area (Å²) >= 11 is 0. The number of hydrogen-bond acceptors (Lipinski definition) is 6. The molecule has 3 rings (SSSR count). The zero-order chi connectivity index (χ0) is 27.3. The Hall–Kier alpha value is -4.07. The fourth-order valence-corrected chi connectivity index (χ4v) is 2.71. The standard InChI is InChI=1S/C19H16N2O5.C3H2F6O/c1-11-15-9-13(26-12-5-3-2-4-6-12)7-8-14(15)18(24)17(21-11)19(25)20-10-16(22)23;4-2(5,6)1(10)3(7,8)9/h2-9,24H,10H2,1H3,(H,20,25)(H,22,23);1,10H. The molecule has 0 saturated carbocycles. The number of aliphatic carboxylic acids is 1. The number of carboxylic acids is 1. The van der Waals surface area contributed by atoms with Crippen molar-refractivity contribution in [2.24, 2.45) is 0 Å². The molecule has 0 aliphatic carbocycles. The Bertz CT molecular complexity index is 1220. The highest BCUT2D eigenvalue weighted by Gasteiger charge is 2.55. The third kappa shape index (κ3) is 7.46. The van der Waals surface area contributed by atoms with Crippen molar-refractivity contribution >= 4 is 22.6 Å². The Labute approximate surface area is 198 Å². The molecular formula is C22H18F6N2O6. The average Bonchev–Trinajstić information content (AvgIpc) is 2.79. The van der Waals surface area contributed by atoms with E-state index in [0.29, 0.717) is 28.0 Å². The molecule has 0 aliphatic heterocycles. The van der Waals surface area contributed by atoms with Crippen LogP contribution >= 0.6 is 0 Å². The number of ether oxygens (including phenoxy) is 1. The number of rotatable bonds is 5. The molecule has 2 aromatic carbocycles. The number of aromatic hydroxyl groups is 1. The Balaban J connectivity index is 0.000000388. The van der Waals surface area contributed by atoms with Crippen LogP contribution in [0.4, 0.5) is 26.3 Å². The van der Waals surface area contributed by atoms with Gasteiger partial charge in [-0.2, -0.15) is 26.3 Å². The predicted octanol–water partition coefficient (Wildman–Crippen LogP) is 4.33. The van der Waals surface area contributed by atoms with Crippen LogP contribution in [0.15, 0.2) is 48.5 Å². The Kier molecular flexibility index (Phi) is 8.70. The number of carbonyl (C=O) groups excluding carboxylic acids is 1. The molecule has 8 nitrogen and oxygen atoms in total. The second kappa shape index (κ2) is 11.1. The summed E-state index contributed by atoms with van der Waals surface area (Å²) in [5.41, 5.74) is 0.296. The van der Waals surface area contributed by atoms with Crippen molar-refractivity contribution in [2.45, 2.75) is 25.4 Å². The van der Waals surface area contributed by atoms with Crippen LogP contribution in [-0.4, -0.2) is 57.2 Å². The fourth-order valence-electron chi connectivity index (χ4n) is 2.71. The monoisotopic (exact) mass is 520 g/mol. The minimum Gasteiger partial charge on any atom is -0.505 e. The first-order valence-electron chi connectivity index (χ1n) is 9.79. The number of aliphatic hydroxyl groups is 1. The lowest BCUT2D eigenvalue weighted by atomic mass is 10.1. The molecule has 36 heavy (non-hydrogen) atoms. The molecular weight excluding hydrogens is 502 g/mol. The minimum atomic E-state index is -5.63. The highest BCUT2D eigenvalue weighted by Crippen LogP contribution is 2.34. The third-order valence-corrected chi connectivity index (χ3v) is 4.35. The summed E-state index contributed by atoms with van der Waals surface area (Å²) < 4.78 is 71.6. The van der Waals surface area contributed by atoms with Crippen LogP contribution in [0.25, 0.3) is 10.8 Å². The number of alkyl halides is 6. The van der Waals surface area contributed by atoms with Crippen LogP contribution in [-0.2, 0) is 4.79 Å². The van der Waals surface area contributed by atoms with Gasteiger partial charge in [0.05, 0.1) is 0 Å². The maximum Gasteiger partial charge on any atom is 0.423 e. The highest BCUT2D eigenvalue weighted by molar-refractivity contribution is 6.03. The molecule has 14 heteroatoms. The van der Waals surface area contributed by atoms with E-state index >= 15 is 0 Å². The van der Waals surface area contributed by atoms with Crippen LogP contribution in [0.2, 0.25) is 0 Å². The summed E-state index contributed by atoms with van der Waals surface area (Å²) in [5, 5.41) is 29.7. The van der Waals surface area contributed by atoms with Crippen LogP contribution in [0.5, 0.6) is 17.2 Å². The van der Waals surface area contributed by atoms with Crippen LogP contribution in [0.1, 0.15) is 16.2 Å². The van der Waals surface area contributed by atoms with Crippen LogP contribution in [0.3, 0.4) is 0 Å². The number of aliphatic hydroxyl groups excluding tert-OH is 1. The lowest BCUT2D eigenvalue weighted by Crippen LogP contribution is -2.41. The van der Waals surface area contributed by atoms with Gasteiger partial charge in [0.15, 0.2) is 11.4 Å². The van der Waals surface area contributed by atoms with E-state index in [2.05, 4.69) is 10.3 Å².